The molecule has 1 atom stereocenters. The fourth-order valence-electron chi connectivity index (χ4n) is 2.39. The van der Waals surface area contributed by atoms with Crippen molar-refractivity contribution in [3.8, 4) is 0 Å². The minimum absolute atomic E-state index is 0.428. The van der Waals surface area contributed by atoms with E-state index in [1.807, 2.05) is 60.7 Å². The minimum Gasteiger partial charge on any atom is -0.367 e. The van der Waals surface area contributed by atoms with E-state index in [-0.39, 0.29) is 0 Å². The summed E-state index contributed by atoms with van der Waals surface area (Å²) in [5.74, 6) is -0.428. The molecule has 2 N–H and O–H groups in total. The normalized spacial score (nSPS) is 20.3. The molecule has 1 saturated heterocycles. The summed E-state index contributed by atoms with van der Waals surface area (Å²) >= 11 is 0. The predicted molar refractivity (Wildman–Crippen MR) is 67.7 cm³/mol. The topological polar surface area (TPSA) is 55.6 Å². The van der Waals surface area contributed by atoms with Gasteiger partial charge in [0.25, 0.3) is 0 Å². The number of epoxide rings is 1. The van der Waals surface area contributed by atoms with Crippen LogP contribution >= 0.6 is 0 Å². The van der Waals surface area contributed by atoms with Crippen LogP contribution < -0.4 is 5.73 Å². The Morgan fingerprint density at radius 3 is 1.72 bits per heavy atom. The highest BCUT2D eigenvalue weighted by molar-refractivity contribution is 5.85. The molecule has 0 spiro atoms. The Morgan fingerprint density at radius 1 is 0.944 bits per heavy atom. The Labute approximate surface area is 105 Å². The maximum absolute atomic E-state index is 11.4. The first-order chi connectivity index (χ1) is 8.75. The molecule has 3 heteroatoms. The van der Waals surface area contributed by atoms with Crippen LogP contribution in [0, 0.1) is 0 Å². The number of carbonyl (C=O) groups is 1. The Morgan fingerprint density at radius 2 is 1.39 bits per heavy atom. The molecule has 1 unspecified atom stereocenters. The molecule has 2 aromatic rings. The summed E-state index contributed by atoms with van der Waals surface area (Å²) < 4.78 is 5.66. The van der Waals surface area contributed by atoms with Gasteiger partial charge in [-0.25, -0.2) is 0 Å². The maximum atomic E-state index is 11.4. The lowest BCUT2D eigenvalue weighted by molar-refractivity contribution is -0.119. The molecule has 90 valence electrons. The van der Waals surface area contributed by atoms with Gasteiger partial charge in [-0.05, 0) is 11.1 Å². The smallest absolute Gasteiger partial charge is 0.250 e. The quantitative estimate of drug-likeness (QED) is 0.830. The average molecular weight is 239 g/mol. The highest BCUT2D eigenvalue weighted by Crippen LogP contribution is 2.51. The predicted octanol–water partition coefficient (Wildman–Crippen LogP) is 1.81. The monoisotopic (exact) mass is 239 g/mol. The van der Waals surface area contributed by atoms with Crippen molar-refractivity contribution >= 4 is 5.91 Å². The van der Waals surface area contributed by atoms with Gasteiger partial charge in [-0.15, -0.1) is 0 Å². The minimum atomic E-state index is -0.700. The van der Waals surface area contributed by atoms with Gasteiger partial charge >= 0.3 is 0 Å². The number of benzene rings is 2. The van der Waals surface area contributed by atoms with E-state index in [2.05, 4.69) is 0 Å². The number of nitrogens with two attached hydrogens (primary N) is 1. The lowest BCUT2D eigenvalue weighted by Gasteiger charge is -2.13. The third-order valence-electron chi connectivity index (χ3n) is 3.28. The molecule has 1 aliphatic rings. The van der Waals surface area contributed by atoms with E-state index in [4.69, 9.17) is 10.5 Å². The van der Waals surface area contributed by atoms with E-state index >= 15 is 0 Å². The van der Waals surface area contributed by atoms with Gasteiger partial charge in [0.15, 0.2) is 11.7 Å². The molecule has 0 aromatic heterocycles. The van der Waals surface area contributed by atoms with Crippen LogP contribution in [0.4, 0.5) is 0 Å². The lowest BCUT2D eigenvalue weighted by Crippen LogP contribution is -2.26. The maximum Gasteiger partial charge on any atom is 0.250 e. The van der Waals surface area contributed by atoms with E-state index in [0.29, 0.717) is 0 Å². The molecular formula is C15H13NO2. The highest BCUT2D eigenvalue weighted by Gasteiger charge is 2.62. The number of rotatable bonds is 3. The molecular weight excluding hydrogens is 226 g/mol. The standard InChI is InChI=1S/C15H13NO2/c16-14(17)13-15(18-13,11-7-3-1-4-8-11)12-9-5-2-6-10-12/h1-10,13H,(H2,16,17). The van der Waals surface area contributed by atoms with E-state index in [9.17, 15) is 4.79 Å². The van der Waals surface area contributed by atoms with Gasteiger partial charge in [-0.3, -0.25) is 4.79 Å². The second kappa shape index (κ2) is 3.96. The van der Waals surface area contributed by atoms with Crippen LogP contribution in [0.15, 0.2) is 60.7 Å². The van der Waals surface area contributed by atoms with Crippen molar-refractivity contribution in [2.75, 3.05) is 0 Å². The fourth-order valence-corrected chi connectivity index (χ4v) is 2.39. The van der Waals surface area contributed by atoms with Crippen molar-refractivity contribution in [2.45, 2.75) is 11.7 Å². The Bertz CT molecular complexity index is 526. The number of primary amides is 1. The molecule has 3 rings (SSSR count). The third kappa shape index (κ3) is 1.52. The van der Waals surface area contributed by atoms with Crippen LogP contribution in [0.2, 0.25) is 0 Å². The molecule has 0 radical (unpaired) electrons. The summed E-state index contributed by atoms with van der Waals surface area (Å²) in [7, 11) is 0. The van der Waals surface area contributed by atoms with Crippen molar-refractivity contribution in [1.82, 2.24) is 0 Å². The molecule has 0 saturated carbocycles. The Hall–Kier alpha value is -2.13. The van der Waals surface area contributed by atoms with Gasteiger partial charge < -0.3 is 10.5 Å². The zero-order valence-electron chi connectivity index (χ0n) is 9.74. The average Bonchev–Trinajstić information content (AvgIpc) is 3.18. The number of carbonyl (C=O) groups excluding carboxylic acids is 1. The number of hydrogen-bond acceptors (Lipinski definition) is 2. The fraction of sp³-hybridized carbons (Fsp3) is 0.133. The molecule has 1 aliphatic heterocycles. The van der Waals surface area contributed by atoms with E-state index < -0.39 is 17.6 Å². The van der Waals surface area contributed by atoms with Crippen molar-refractivity contribution in [3.63, 3.8) is 0 Å². The van der Waals surface area contributed by atoms with Gasteiger partial charge in [0.1, 0.15) is 0 Å². The van der Waals surface area contributed by atoms with E-state index in [1.165, 1.54) is 0 Å². The highest BCUT2D eigenvalue weighted by atomic mass is 16.6. The Balaban J connectivity index is 2.11. The summed E-state index contributed by atoms with van der Waals surface area (Å²) in [6.07, 6.45) is -0.581. The van der Waals surface area contributed by atoms with Gasteiger partial charge in [0, 0.05) is 0 Å². The summed E-state index contributed by atoms with van der Waals surface area (Å²) in [6, 6.07) is 19.4. The number of hydrogen-bond donors (Lipinski definition) is 1. The van der Waals surface area contributed by atoms with Crippen molar-refractivity contribution < 1.29 is 9.53 Å². The number of ether oxygens (including phenoxy) is 1. The summed E-state index contributed by atoms with van der Waals surface area (Å²) in [5.41, 5.74) is 6.60. The van der Waals surface area contributed by atoms with Crippen molar-refractivity contribution in [1.29, 1.82) is 0 Å². The van der Waals surface area contributed by atoms with Crippen molar-refractivity contribution in [3.05, 3.63) is 71.8 Å². The van der Waals surface area contributed by atoms with Gasteiger partial charge in [0.05, 0.1) is 0 Å². The van der Waals surface area contributed by atoms with Gasteiger partial charge in [-0.1, -0.05) is 60.7 Å². The molecule has 0 bridgehead atoms. The molecule has 1 fully saturated rings. The van der Waals surface area contributed by atoms with Crippen molar-refractivity contribution in [2.24, 2.45) is 5.73 Å². The van der Waals surface area contributed by atoms with Crippen LogP contribution in [0.5, 0.6) is 0 Å². The van der Waals surface area contributed by atoms with E-state index in [0.717, 1.165) is 11.1 Å². The second-order valence-electron chi connectivity index (χ2n) is 4.37. The molecule has 1 amide bonds. The third-order valence-corrected chi connectivity index (χ3v) is 3.28. The largest absolute Gasteiger partial charge is 0.367 e. The first kappa shape index (κ1) is 11.0. The summed E-state index contributed by atoms with van der Waals surface area (Å²) in [4.78, 5) is 11.4. The van der Waals surface area contributed by atoms with Crippen LogP contribution in [-0.2, 0) is 15.1 Å². The first-order valence-electron chi connectivity index (χ1n) is 5.83. The molecule has 18 heavy (non-hydrogen) atoms. The lowest BCUT2D eigenvalue weighted by atomic mass is 9.88. The van der Waals surface area contributed by atoms with Crippen LogP contribution in [-0.4, -0.2) is 12.0 Å². The second-order valence-corrected chi connectivity index (χ2v) is 4.37. The Kier molecular flexibility index (Phi) is 2.42. The van der Waals surface area contributed by atoms with Gasteiger partial charge in [-0.2, -0.15) is 0 Å². The molecule has 1 heterocycles. The number of amides is 1. The van der Waals surface area contributed by atoms with Crippen LogP contribution in [0.1, 0.15) is 11.1 Å². The summed E-state index contributed by atoms with van der Waals surface area (Å²) in [6.45, 7) is 0. The first-order valence-corrected chi connectivity index (χ1v) is 5.83. The summed E-state index contributed by atoms with van der Waals surface area (Å²) in [5, 5.41) is 0. The molecule has 2 aromatic carbocycles. The molecule has 0 aliphatic carbocycles. The van der Waals surface area contributed by atoms with Crippen LogP contribution in [0.3, 0.4) is 0 Å². The molecule has 3 nitrogen and oxygen atoms in total. The van der Waals surface area contributed by atoms with Crippen LogP contribution in [0.25, 0.3) is 0 Å². The zero-order valence-corrected chi connectivity index (χ0v) is 9.74. The van der Waals surface area contributed by atoms with Gasteiger partial charge in [0.2, 0.25) is 5.91 Å². The zero-order chi connectivity index (χ0) is 12.6. The SMILES string of the molecule is NC(=O)C1OC1(c1ccccc1)c1ccccc1. The van der Waals surface area contributed by atoms with E-state index in [1.54, 1.807) is 0 Å².